The van der Waals surface area contributed by atoms with Gasteiger partial charge in [-0.15, -0.1) is 0 Å². The number of aromatic nitrogens is 1. The number of hydrogen-bond donors (Lipinski definition) is 1. The van der Waals surface area contributed by atoms with Gasteiger partial charge in [-0.05, 0) is 30.0 Å². The highest BCUT2D eigenvalue weighted by Gasteiger charge is 2.11. The molecular formula is C17H18N2. The molecule has 2 nitrogen and oxygen atoms in total. The Morgan fingerprint density at radius 2 is 1.68 bits per heavy atom. The largest absolute Gasteiger partial charge is 0.339 e. The Kier molecular flexibility index (Phi) is 3.10. The highest BCUT2D eigenvalue weighted by Crippen LogP contribution is 2.24. The standard InChI is InChI=1S/C17H18N2/c1-13(18)17-11-15-9-5-6-10-16(15)19(17)12-14-7-3-2-4-8-14/h2-11,13H,12,18H2,1H3. The van der Waals surface area contributed by atoms with E-state index in [0.717, 1.165) is 6.54 Å². The number of rotatable bonds is 3. The van der Waals surface area contributed by atoms with E-state index >= 15 is 0 Å². The summed E-state index contributed by atoms with van der Waals surface area (Å²) < 4.78 is 2.31. The maximum Gasteiger partial charge on any atom is 0.0486 e. The first kappa shape index (κ1) is 12.0. The number of fused-ring (bicyclic) bond motifs is 1. The molecule has 0 saturated heterocycles. The zero-order chi connectivity index (χ0) is 13.2. The molecule has 0 aliphatic heterocycles. The fourth-order valence-corrected chi connectivity index (χ4v) is 2.55. The molecule has 19 heavy (non-hydrogen) atoms. The van der Waals surface area contributed by atoms with Gasteiger partial charge in [0.2, 0.25) is 0 Å². The molecule has 2 N–H and O–H groups in total. The van der Waals surface area contributed by atoms with E-state index in [9.17, 15) is 0 Å². The van der Waals surface area contributed by atoms with Crippen molar-refractivity contribution in [1.29, 1.82) is 0 Å². The van der Waals surface area contributed by atoms with E-state index in [4.69, 9.17) is 5.73 Å². The summed E-state index contributed by atoms with van der Waals surface area (Å²) in [6, 6.07) is 21.2. The lowest BCUT2D eigenvalue weighted by Crippen LogP contribution is -2.12. The minimum atomic E-state index is 0.0381. The minimum Gasteiger partial charge on any atom is -0.339 e. The Morgan fingerprint density at radius 3 is 2.42 bits per heavy atom. The first-order valence-electron chi connectivity index (χ1n) is 6.63. The molecule has 0 radical (unpaired) electrons. The quantitative estimate of drug-likeness (QED) is 0.754. The van der Waals surface area contributed by atoms with Gasteiger partial charge in [-0.25, -0.2) is 0 Å². The maximum atomic E-state index is 6.11. The van der Waals surface area contributed by atoms with E-state index in [1.54, 1.807) is 0 Å². The molecule has 2 aromatic carbocycles. The Bertz CT molecular complexity index is 681. The van der Waals surface area contributed by atoms with Crippen molar-refractivity contribution >= 4 is 10.9 Å². The van der Waals surface area contributed by atoms with E-state index < -0.39 is 0 Å². The topological polar surface area (TPSA) is 30.9 Å². The molecule has 1 atom stereocenters. The van der Waals surface area contributed by atoms with Crippen LogP contribution in [0.4, 0.5) is 0 Å². The fraction of sp³-hybridized carbons (Fsp3) is 0.176. The molecule has 0 saturated carbocycles. The maximum absolute atomic E-state index is 6.11. The Balaban J connectivity index is 2.12. The number of para-hydroxylation sites is 1. The van der Waals surface area contributed by atoms with Crippen LogP contribution in [0.2, 0.25) is 0 Å². The Morgan fingerprint density at radius 1 is 1.00 bits per heavy atom. The fourth-order valence-electron chi connectivity index (χ4n) is 2.55. The SMILES string of the molecule is CC(N)c1cc2ccccc2n1Cc1ccccc1. The summed E-state index contributed by atoms with van der Waals surface area (Å²) in [5, 5.41) is 1.26. The van der Waals surface area contributed by atoms with E-state index in [1.807, 2.05) is 13.0 Å². The summed E-state index contributed by atoms with van der Waals surface area (Å²) in [6.07, 6.45) is 0. The first-order valence-corrected chi connectivity index (χ1v) is 6.63. The average molecular weight is 250 g/mol. The van der Waals surface area contributed by atoms with Gasteiger partial charge in [0.25, 0.3) is 0 Å². The molecule has 0 bridgehead atoms. The number of benzene rings is 2. The predicted molar refractivity (Wildman–Crippen MR) is 80.1 cm³/mol. The number of nitrogens with zero attached hydrogens (tertiary/aromatic N) is 1. The van der Waals surface area contributed by atoms with Crippen LogP contribution in [0, 0.1) is 0 Å². The molecule has 0 aliphatic carbocycles. The highest BCUT2D eigenvalue weighted by atomic mass is 15.0. The van der Waals surface area contributed by atoms with Crippen LogP contribution < -0.4 is 5.73 Å². The smallest absolute Gasteiger partial charge is 0.0486 e. The van der Waals surface area contributed by atoms with Crippen LogP contribution in [0.25, 0.3) is 10.9 Å². The second-order valence-electron chi connectivity index (χ2n) is 4.99. The Labute approximate surface area is 113 Å². The molecule has 0 fully saturated rings. The van der Waals surface area contributed by atoms with Crippen molar-refractivity contribution in [2.45, 2.75) is 19.5 Å². The van der Waals surface area contributed by atoms with Crippen LogP contribution in [-0.2, 0) is 6.54 Å². The first-order chi connectivity index (χ1) is 9.25. The van der Waals surface area contributed by atoms with Gasteiger partial charge in [-0.1, -0.05) is 48.5 Å². The summed E-state index contributed by atoms with van der Waals surface area (Å²) in [6.45, 7) is 2.90. The van der Waals surface area contributed by atoms with Crippen LogP contribution in [0.5, 0.6) is 0 Å². The summed E-state index contributed by atoms with van der Waals surface area (Å²) in [7, 11) is 0. The van der Waals surface area contributed by atoms with Crippen LogP contribution in [0.1, 0.15) is 24.2 Å². The van der Waals surface area contributed by atoms with Gasteiger partial charge in [0.1, 0.15) is 0 Å². The van der Waals surface area contributed by atoms with Crippen LogP contribution in [0.15, 0.2) is 60.7 Å². The van der Waals surface area contributed by atoms with Gasteiger partial charge < -0.3 is 10.3 Å². The predicted octanol–water partition coefficient (Wildman–Crippen LogP) is 3.71. The van der Waals surface area contributed by atoms with Crippen molar-refractivity contribution in [2.24, 2.45) is 5.73 Å². The summed E-state index contributed by atoms with van der Waals surface area (Å²) in [5.41, 5.74) is 9.84. The molecule has 1 heterocycles. The van der Waals surface area contributed by atoms with Gasteiger partial charge in [-0.2, -0.15) is 0 Å². The van der Waals surface area contributed by atoms with Gasteiger partial charge >= 0.3 is 0 Å². The lowest BCUT2D eigenvalue weighted by molar-refractivity contribution is 0.690. The van der Waals surface area contributed by atoms with E-state index in [-0.39, 0.29) is 6.04 Å². The van der Waals surface area contributed by atoms with Crippen molar-refractivity contribution in [3.05, 3.63) is 71.9 Å². The Hall–Kier alpha value is -2.06. The van der Waals surface area contributed by atoms with Crippen molar-refractivity contribution in [3.63, 3.8) is 0 Å². The minimum absolute atomic E-state index is 0.0381. The zero-order valence-corrected chi connectivity index (χ0v) is 11.1. The van der Waals surface area contributed by atoms with E-state index in [1.165, 1.54) is 22.2 Å². The van der Waals surface area contributed by atoms with Crippen molar-refractivity contribution in [2.75, 3.05) is 0 Å². The third kappa shape index (κ3) is 2.27. The lowest BCUT2D eigenvalue weighted by Gasteiger charge is -2.13. The van der Waals surface area contributed by atoms with Gasteiger partial charge in [0.05, 0.1) is 0 Å². The van der Waals surface area contributed by atoms with E-state index in [0.29, 0.717) is 0 Å². The molecule has 0 amide bonds. The molecular weight excluding hydrogens is 232 g/mol. The van der Waals surface area contributed by atoms with Crippen LogP contribution in [-0.4, -0.2) is 4.57 Å². The van der Waals surface area contributed by atoms with E-state index in [2.05, 4.69) is 59.2 Å². The molecule has 3 aromatic rings. The lowest BCUT2D eigenvalue weighted by atomic mass is 10.2. The molecule has 1 unspecified atom stereocenters. The van der Waals surface area contributed by atoms with Crippen LogP contribution >= 0.6 is 0 Å². The second-order valence-corrected chi connectivity index (χ2v) is 4.99. The van der Waals surface area contributed by atoms with Gasteiger partial charge in [0.15, 0.2) is 0 Å². The normalized spacial score (nSPS) is 12.7. The molecule has 2 heteroatoms. The molecule has 0 spiro atoms. The van der Waals surface area contributed by atoms with Crippen molar-refractivity contribution in [3.8, 4) is 0 Å². The second kappa shape index (κ2) is 4.90. The number of hydrogen-bond acceptors (Lipinski definition) is 1. The molecule has 0 aliphatic rings. The summed E-state index contributed by atoms with van der Waals surface area (Å²) in [5.74, 6) is 0. The summed E-state index contributed by atoms with van der Waals surface area (Å²) >= 11 is 0. The molecule has 96 valence electrons. The monoisotopic (exact) mass is 250 g/mol. The zero-order valence-electron chi connectivity index (χ0n) is 11.1. The number of nitrogens with two attached hydrogens (primary N) is 1. The van der Waals surface area contributed by atoms with Crippen molar-refractivity contribution < 1.29 is 0 Å². The van der Waals surface area contributed by atoms with Gasteiger partial charge in [0, 0.05) is 23.8 Å². The summed E-state index contributed by atoms with van der Waals surface area (Å²) in [4.78, 5) is 0. The average Bonchev–Trinajstić information content (AvgIpc) is 2.79. The highest BCUT2D eigenvalue weighted by molar-refractivity contribution is 5.81. The molecule has 3 rings (SSSR count). The van der Waals surface area contributed by atoms with Gasteiger partial charge in [-0.3, -0.25) is 0 Å². The third-order valence-electron chi connectivity index (χ3n) is 3.49. The third-order valence-corrected chi connectivity index (χ3v) is 3.49. The molecule has 1 aromatic heterocycles. The van der Waals surface area contributed by atoms with Crippen molar-refractivity contribution in [1.82, 2.24) is 4.57 Å². The van der Waals surface area contributed by atoms with Crippen LogP contribution in [0.3, 0.4) is 0 Å².